The van der Waals surface area contributed by atoms with Gasteiger partial charge in [-0.3, -0.25) is 9.69 Å². The summed E-state index contributed by atoms with van der Waals surface area (Å²) < 4.78 is 2.15. The minimum Gasteiger partial charge on any atom is -0.316 e. The lowest BCUT2D eigenvalue weighted by molar-refractivity contribution is -0.119. The largest absolute Gasteiger partial charge is 0.322 e. The molecule has 1 N–H and O–H groups in total. The number of hydrogen-bond acceptors (Lipinski definition) is 2. The van der Waals surface area contributed by atoms with Crippen LogP contribution in [0, 0.1) is 6.92 Å². The van der Waals surface area contributed by atoms with Gasteiger partial charge in [-0.15, -0.1) is 0 Å². The number of anilines is 2. The maximum atomic E-state index is 14.2. The molecule has 1 aliphatic heterocycles. The van der Waals surface area contributed by atoms with E-state index in [1.54, 1.807) is 29.2 Å². The molecule has 1 saturated carbocycles. The lowest BCUT2D eigenvalue weighted by Gasteiger charge is -2.39. The summed E-state index contributed by atoms with van der Waals surface area (Å²) in [5.41, 5.74) is 5.57. The van der Waals surface area contributed by atoms with E-state index in [2.05, 4.69) is 47.1 Å². The maximum Gasteiger partial charge on any atom is 0.322 e. The third-order valence-electron chi connectivity index (χ3n) is 7.01. The van der Waals surface area contributed by atoms with E-state index in [0.717, 1.165) is 41.0 Å². The van der Waals surface area contributed by atoms with Gasteiger partial charge in [0.1, 0.15) is 12.6 Å². The topological polar surface area (TPSA) is 57.6 Å². The van der Waals surface area contributed by atoms with Crippen LogP contribution in [-0.2, 0) is 4.79 Å². The van der Waals surface area contributed by atoms with Gasteiger partial charge in [0.2, 0.25) is 5.91 Å². The molecule has 1 atom stereocenters. The molecule has 2 aliphatic rings. The van der Waals surface area contributed by atoms with Crippen LogP contribution in [0.3, 0.4) is 0 Å². The zero-order valence-electron chi connectivity index (χ0n) is 20.5. The van der Waals surface area contributed by atoms with Crippen molar-refractivity contribution in [1.82, 2.24) is 9.47 Å². The summed E-state index contributed by atoms with van der Waals surface area (Å²) in [7, 11) is 0. The Bertz CT molecular complexity index is 1470. The average Bonchev–Trinajstić information content (AvgIpc) is 3.62. The van der Waals surface area contributed by atoms with Crippen LogP contribution in [0.2, 0.25) is 5.02 Å². The number of halogens is 1. The number of amides is 3. The van der Waals surface area contributed by atoms with E-state index in [1.165, 1.54) is 0 Å². The molecule has 3 amide bonds. The fourth-order valence-corrected chi connectivity index (χ4v) is 5.25. The Kier molecular flexibility index (Phi) is 5.97. The van der Waals surface area contributed by atoms with Gasteiger partial charge in [-0.05, 0) is 67.8 Å². The molecular weight excluding hydrogens is 484 g/mol. The summed E-state index contributed by atoms with van der Waals surface area (Å²) in [4.78, 5) is 31.0. The molecule has 0 spiro atoms. The summed E-state index contributed by atoms with van der Waals surface area (Å²) in [6.45, 7) is 2.03. The van der Waals surface area contributed by atoms with Gasteiger partial charge < -0.3 is 14.8 Å². The first kappa shape index (κ1) is 23.4. The molecule has 37 heavy (non-hydrogen) atoms. The van der Waals surface area contributed by atoms with Gasteiger partial charge in [0.15, 0.2) is 0 Å². The number of benzene rings is 3. The molecule has 4 aromatic rings. The first-order valence-electron chi connectivity index (χ1n) is 12.5. The highest BCUT2D eigenvalue weighted by molar-refractivity contribution is 6.30. The second-order valence-electron chi connectivity index (χ2n) is 9.67. The Morgan fingerprint density at radius 2 is 1.70 bits per heavy atom. The quantitative estimate of drug-likeness (QED) is 0.330. The highest BCUT2D eigenvalue weighted by Gasteiger charge is 2.40. The third-order valence-corrected chi connectivity index (χ3v) is 7.25. The molecule has 0 saturated heterocycles. The van der Waals surface area contributed by atoms with E-state index < -0.39 is 0 Å². The molecule has 1 fully saturated rings. The van der Waals surface area contributed by atoms with Crippen LogP contribution in [0.5, 0.6) is 0 Å². The first-order chi connectivity index (χ1) is 18.0. The number of rotatable bonds is 5. The lowest BCUT2D eigenvalue weighted by Crippen LogP contribution is -2.48. The number of para-hydroxylation sites is 2. The molecule has 7 heteroatoms. The van der Waals surface area contributed by atoms with Crippen molar-refractivity contribution in [2.75, 3.05) is 16.8 Å². The van der Waals surface area contributed by atoms with Gasteiger partial charge in [-0.25, -0.2) is 4.79 Å². The van der Waals surface area contributed by atoms with Crippen LogP contribution in [0.1, 0.15) is 35.7 Å². The molecule has 1 unspecified atom stereocenters. The van der Waals surface area contributed by atoms with Crippen molar-refractivity contribution in [1.29, 1.82) is 0 Å². The molecule has 0 radical (unpaired) electrons. The summed E-state index contributed by atoms with van der Waals surface area (Å²) >= 11 is 6.10. The van der Waals surface area contributed by atoms with Gasteiger partial charge in [0, 0.05) is 22.9 Å². The Morgan fingerprint density at radius 3 is 2.43 bits per heavy atom. The van der Waals surface area contributed by atoms with Crippen molar-refractivity contribution in [3.8, 4) is 5.69 Å². The van der Waals surface area contributed by atoms with Crippen LogP contribution in [0.15, 0.2) is 91.1 Å². The number of carbonyl (C=O) groups excluding carboxylic acids is 2. The Morgan fingerprint density at radius 1 is 0.946 bits per heavy atom. The SMILES string of the molecule is Cc1ccc(C2c3cccn3-c3ccccc3N2C(=O)CN(C(=O)Nc2cccc(Cl)c2)C2CC2)cc1. The zero-order valence-corrected chi connectivity index (χ0v) is 21.2. The number of nitrogens with zero attached hydrogens (tertiary/aromatic N) is 3. The molecule has 0 bridgehead atoms. The van der Waals surface area contributed by atoms with E-state index in [0.29, 0.717) is 10.7 Å². The van der Waals surface area contributed by atoms with Crippen LogP contribution in [0.4, 0.5) is 16.2 Å². The molecule has 3 aromatic carbocycles. The van der Waals surface area contributed by atoms with Gasteiger partial charge in [-0.2, -0.15) is 0 Å². The minimum absolute atomic E-state index is 0.0194. The monoisotopic (exact) mass is 510 g/mol. The number of aromatic nitrogens is 1. The van der Waals surface area contributed by atoms with Crippen molar-refractivity contribution in [2.24, 2.45) is 0 Å². The van der Waals surface area contributed by atoms with Crippen molar-refractivity contribution in [3.05, 3.63) is 113 Å². The van der Waals surface area contributed by atoms with Crippen LogP contribution in [-0.4, -0.2) is 34.0 Å². The number of fused-ring (bicyclic) bond motifs is 3. The van der Waals surface area contributed by atoms with Crippen LogP contribution < -0.4 is 10.2 Å². The predicted octanol–water partition coefficient (Wildman–Crippen LogP) is 6.57. The second kappa shape index (κ2) is 9.45. The smallest absolute Gasteiger partial charge is 0.316 e. The number of hydrogen-bond donors (Lipinski definition) is 1. The van der Waals surface area contributed by atoms with Crippen molar-refractivity contribution in [3.63, 3.8) is 0 Å². The summed E-state index contributed by atoms with van der Waals surface area (Å²) in [6, 6.07) is 26.8. The number of aryl methyl sites for hydroxylation is 1. The first-order valence-corrected chi connectivity index (χ1v) is 12.9. The molecule has 6 nitrogen and oxygen atoms in total. The molecule has 6 rings (SSSR count). The number of nitrogens with one attached hydrogen (secondary N) is 1. The minimum atomic E-state index is -0.310. The molecule has 186 valence electrons. The van der Waals surface area contributed by atoms with E-state index in [1.807, 2.05) is 41.4 Å². The van der Waals surface area contributed by atoms with Gasteiger partial charge in [0.05, 0.1) is 17.1 Å². The van der Waals surface area contributed by atoms with E-state index in [4.69, 9.17) is 11.6 Å². The summed E-state index contributed by atoms with van der Waals surface area (Å²) in [6.07, 6.45) is 3.81. The van der Waals surface area contributed by atoms with Crippen LogP contribution in [0.25, 0.3) is 5.69 Å². The second-order valence-corrected chi connectivity index (χ2v) is 10.1. The normalized spacial score (nSPS) is 16.1. The van der Waals surface area contributed by atoms with Gasteiger partial charge in [-0.1, -0.05) is 59.6 Å². The fraction of sp³-hybridized carbons (Fsp3) is 0.200. The van der Waals surface area contributed by atoms with E-state index >= 15 is 0 Å². The van der Waals surface area contributed by atoms with Crippen molar-refractivity contribution >= 4 is 34.9 Å². The fourth-order valence-electron chi connectivity index (χ4n) is 5.06. The maximum absolute atomic E-state index is 14.2. The standard InChI is InChI=1S/C30H27ClN4O2/c1-20-11-13-21(14-12-20)29-27-10-5-17-33(27)25-8-2-3-9-26(25)35(29)28(36)19-34(24-15-16-24)30(37)32-23-7-4-6-22(31)18-23/h2-14,17-18,24,29H,15-16,19H2,1H3,(H,32,37). The van der Waals surface area contributed by atoms with E-state index in [9.17, 15) is 9.59 Å². The van der Waals surface area contributed by atoms with Crippen LogP contribution >= 0.6 is 11.6 Å². The number of urea groups is 1. The predicted molar refractivity (Wildman–Crippen MR) is 146 cm³/mol. The van der Waals surface area contributed by atoms with Gasteiger partial charge >= 0.3 is 6.03 Å². The third kappa shape index (κ3) is 4.49. The Balaban J connectivity index is 1.36. The lowest BCUT2D eigenvalue weighted by atomic mass is 9.97. The van der Waals surface area contributed by atoms with E-state index in [-0.39, 0.29) is 30.6 Å². The summed E-state index contributed by atoms with van der Waals surface area (Å²) in [5, 5.41) is 3.46. The molecule has 2 heterocycles. The number of carbonyl (C=O) groups is 2. The Labute approximate surface area is 221 Å². The zero-order chi connectivity index (χ0) is 25.5. The highest BCUT2D eigenvalue weighted by Crippen LogP contribution is 2.42. The molecule has 1 aromatic heterocycles. The van der Waals surface area contributed by atoms with Crippen molar-refractivity contribution in [2.45, 2.75) is 31.8 Å². The Hall–Kier alpha value is -4.03. The van der Waals surface area contributed by atoms with Crippen molar-refractivity contribution < 1.29 is 9.59 Å². The summed E-state index contributed by atoms with van der Waals surface area (Å²) in [5.74, 6) is -0.126. The highest BCUT2D eigenvalue weighted by atomic mass is 35.5. The molecular formula is C30H27ClN4O2. The average molecular weight is 511 g/mol. The molecule has 1 aliphatic carbocycles. The van der Waals surface area contributed by atoms with Gasteiger partial charge in [0.25, 0.3) is 0 Å².